The van der Waals surface area contributed by atoms with E-state index >= 15 is 0 Å². The first-order chi connectivity index (χ1) is 7.99. The molecule has 0 aliphatic rings. The van der Waals surface area contributed by atoms with E-state index < -0.39 is 5.60 Å². The number of likely N-dealkylation sites (N-methyl/N-ethyl adjacent to an activating group) is 1. The van der Waals surface area contributed by atoms with Crippen molar-refractivity contribution in [1.82, 2.24) is 5.32 Å². The van der Waals surface area contributed by atoms with Gasteiger partial charge in [-0.3, -0.25) is 0 Å². The van der Waals surface area contributed by atoms with Crippen molar-refractivity contribution in [2.75, 3.05) is 13.7 Å². The fourth-order valence-electron chi connectivity index (χ4n) is 1.84. The van der Waals surface area contributed by atoms with E-state index in [9.17, 15) is 5.11 Å². The fraction of sp³-hybridized carbons (Fsp3) is 0.571. The first-order valence-corrected chi connectivity index (χ1v) is 6.08. The van der Waals surface area contributed by atoms with Crippen LogP contribution in [0.2, 0.25) is 0 Å². The van der Waals surface area contributed by atoms with Crippen LogP contribution >= 0.6 is 0 Å². The Labute approximate surface area is 104 Å². The third kappa shape index (κ3) is 4.02. The van der Waals surface area contributed by atoms with Gasteiger partial charge in [0, 0.05) is 12.5 Å². The summed E-state index contributed by atoms with van der Waals surface area (Å²) in [6.07, 6.45) is 0.630. The van der Waals surface area contributed by atoms with E-state index in [-0.39, 0.29) is 6.04 Å². The Hall–Kier alpha value is -1.06. The molecule has 0 spiro atoms. The van der Waals surface area contributed by atoms with E-state index in [2.05, 4.69) is 5.32 Å². The van der Waals surface area contributed by atoms with Crippen molar-refractivity contribution in [2.24, 2.45) is 0 Å². The summed E-state index contributed by atoms with van der Waals surface area (Å²) >= 11 is 0. The molecule has 1 aromatic carbocycles. The molecule has 1 aromatic rings. The van der Waals surface area contributed by atoms with Crippen LogP contribution in [0, 0.1) is 0 Å². The molecular weight excluding hydrogens is 214 g/mol. The van der Waals surface area contributed by atoms with Gasteiger partial charge in [-0.15, -0.1) is 0 Å². The number of nitrogens with one attached hydrogen (secondary N) is 1. The zero-order chi connectivity index (χ0) is 12.9. The van der Waals surface area contributed by atoms with Gasteiger partial charge in [0.1, 0.15) is 5.75 Å². The maximum absolute atomic E-state index is 10.4. The van der Waals surface area contributed by atoms with E-state index in [1.54, 1.807) is 7.11 Å². The van der Waals surface area contributed by atoms with Gasteiger partial charge in [0.25, 0.3) is 0 Å². The molecule has 0 saturated carbocycles. The normalized spacial score (nSPS) is 16.3. The van der Waals surface area contributed by atoms with Crippen LogP contribution in [0.15, 0.2) is 24.3 Å². The summed E-state index contributed by atoms with van der Waals surface area (Å²) in [4.78, 5) is 0. The highest BCUT2D eigenvalue weighted by Crippen LogP contribution is 2.19. The van der Waals surface area contributed by atoms with E-state index in [0.717, 1.165) is 17.9 Å². The first-order valence-electron chi connectivity index (χ1n) is 6.08. The molecule has 0 saturated heterocycles. The molecule has 0 bridgehead atoms. The molecule has 0 aliphatic carbocycles. The zero-order valence-electron chi connectivity index (χ0n) is 11.2. The second-order valence-electron chi connectivity index (χ2n) is 4.66. The molecule has 2 atom stereocenters. The molecule has 0 amide bonds. The number of ether oxygens (including phenoxy) is 1. The average Bonchev–Trinajstić information content (AvgIpc) is 2.30. The number of hydrogen-bond acceptors (Lipinski definition) is 3. The Balaban J connectivity index is 2.68. The highest BCUT2D eigenvalue weighted by atomic mass is 16.5. The fourth-order valence-corrected chi connectivity index (χ4v) is 1.84. The predicted molar refractivity (Wildman–Crippen MR) is 70.5 cm³/mol. The van der Waals surface area contributed by atoms with Crippen LogP contribution in [0.4, 0.5) is 0 Å². The van der Waals surface area contributed by atoms with Gasteiger partial charge in [-0.2, -0.15) is 0 Å². The van der Waals surface area contributed by atoms with Crippen molar-refractivity contribution in [3.63, 3.8) is 0 Å². The van der Waals surface area contributed by atoms with Crippen molar-refractivity contribution in [3.8, 4) is 5.75 Å². The summed E-state index contributed by atoms with van der Waals surface area (Å²) in [5, 5.41) is 13.7. The standard InChI is InChI=1S/C14H23NO2/c1-5-15-11(2)14(3,16)10-12-6-8-13(17-4)9-7-12/h6-9,11,15-16H,5,10H2,1-4H3. The minimum absolute atomic E-state index is 0.0644. The van der Waals surface area contributed by atoms with Crippen LogP contribution in [0.1, 0.15) is 26.3 Å². The Kier molecular flexibility index (Phi) is 4.97. The predicted octanol–water partition coefficient (Wildman–Crippen LogP) is 1.99. The molecule has 0 fully saturated rings. The first kappa shape index (κ1) is 14.0. The number of rotatable bonds is 6. The van der Waals surface area contributed by atoms with Crippen molar-refractivity contribution in [1.29, 1.82) is 0 Å². The largest absolute Gasteiger partial charge is 0.497 e. The zero-order valence-corrected chi connectivity index (χ0v) is 11.2. The lowest BCUT2D eigenvalue weighted by molar-refractivity contribution is 0.0264. The SMILES string of the molecule is CCNC(C)C(C)(O)Cc1ccc(OC)cc1. The number of aliphatic hydroxyl groups is 1. The highest BCUT2D eigenvalue weighted by Gasteiger charge is 2.27. The van der Waals surface area contributed by atoms with Crippen LogP contribution in [0.3, 0.4) is 0 Å². The van der Waals surface area contributed by atoms with Crippen molar-refractivity contribution < 1.29 is 9.84 Å². The smallest absolute Gasteiger partial charge is 0.118 e. The molecule has 17 heavy (non-hydrogen) atoms. The molecule has 2 N–H and O–H groups in total. The Morgan fingerprint density at radius 3 is 2.41 bits per heavy atom. The van der Waals surface area contributed by atoms with Crippen molar-refractivity contribution >= 4 is 0 Å². The lowest BCUT2D eigenvalue weighted by atomic mass is 9.90. The summed E-state index contributed by atoms with van der Waals surface area (Å²) in [5.41, 5.74) is 0.366. The highest BCUT2D eigenvalue weighted by molar-refractivity contribution is 5.28. The van der Waals surface area contributed by atoms with Gasteiger partial charge < -0.3 is 15.2 Å². The van der Waals surface area contributed by atoms with Crippen molar-refractivity contribution in [3.05, 3.63) is 29.8 Å². The van der Waals surface area contributed by atoms with Crippen LogP contribution in [-0.4, -0.2) is 30.4 Å². The molecule has 3 nitrogen and oxygen atoms in total. The Morgan fingerprint density at radius 1 is 1.35 bits per heavy atom. The number of methoxy groups -OCH3 is 1. The van der Waals surface area contributed by atoms with Gasteiger partial charge in [-0.1, -0.05) is 19.1 Å². The lowest BCUT2D eigenvalue weighted by Crippen LogP contribution is -2.48. The van der Waals surface area contributed by atoms with E-state index in [0.29, 0.717) is 6.42 Å². The topological polar surface area (TPSA) is 41.5 Å². The van der Waals surface area contributed by atoms with Crippen LogP contribution in [-0.2, 0) is 6.42 Å². The lowest BCUT2D eigenvalue weighted by Gasteiger charge is -2.31. The Bertz CT molecular complexity index is 333. The van der Waals surface area contributed by atoms with Gasteiger partial charge in [-0.05, 0) is 38.1 Å². The summed E-state index contributed by atoms with van der Waals surface area (Å²) in [5.74, 6) is 0.841. The number of benzene rings is 1. The molecule has 1 rings (SSSR count). The molecule has 0 aromatic heterocycles. The minimum atomic E-state index is -0.745. The number of hydrogen-bond donors (Lipinski definition) is 2. The maximum Gasteiger partial charge on any atom is 0.118 e. The van der Waals surface area contributed by atoms with E-state index in [1.807, 2.05) is 45.0 Å². The molecular formula is C14H23NO2. The van der Waals surface area contributed by atoms with Crippen LogP contribution in [0.5, 0.6) is 5.75 Å². The second kappa shape index (κ2) is 6.03. The average molecular weight is 237 g/mol. The third-order valence-corrected chi connectivity index (χ3v) is 3.16. The van der Waals surface area contributed by atoms with Gasteiger partial charge in [0.2, 0.25) is 0 Å². The molecule has 0 radical (unpaired) electrons. The summed E-state index contributed by atoms with van der Waals surface area (Å²) < 4.78 is 5.11. The molecule has 3 heteroatoms. The molecule has 2 unspecified atom stereocenters. The monoisotopic (exact) mass is 237 g/mol. The van der Waals surface area contributed by atoms with Crippen molar-refractivity contribution in [2.45, 2.75) is 38.8 Å². The van der Waals surface area contributed by atoms with E-state index in [4.69, 9.17) is 4.74 Å². The van der Waals surface area contributed by atoms with Gasteiger partial charge in [-0.25, -0.2) is 0 Å². The summed E-state index contributed by atoms with van der Waals surface area (Å²) in [7, 11) is 1.65. The van der Waals surface area contributed by atoms with E-state index in [1.165, 1.54) is 0 Å². The van der Waals surface area contributed by atoms with Gasteiger partial charge in [0.05, 0.1) is 12.7 Å². The molecule has 96 valence electrons. The third-order valence-electron chi connectivity index (χ3n) is 3.16. The second-order valence-corrected chi connectivity index (χ2v) is 4.66. The summed E-state index contributed by atoms with van der Waals surface area (Å²) in [6, 6.07) is 7.89. The van der Waals surface area contributed by atoms with Gasteiger partial charge >= 0.3 is 0 Å². The molecule has 0 aliphatic heterocycles. The summed E-state index contributed by atoms with van der Waals surface area (Å²) in [6.45, 7) is 6.78. The minimum Gasteiger partial charge on any atom is -0.497 e. The Morgan fingerprint density at radius 2 is 1.94 bits per heavy atom. The quantitative estimate of drug-likeness (QED) is 0.795. The molecule has 0 heterocycles. The maximum atomic E-state index is 10.4. The van der Waals surface area contributed by atoms with Crippen LogP contribution < -0.4 is 10.1 Å². The van der Waals surface area contributed by atoms with Crippen LogP contribution in [0.25, 0.3) is 0 Å². The van der Waals surface area contributed by atoms with Gasteiger partial charge in [0.15, 0.2) is 0 Å².